The molecular formula is C21H27N3O4S. The molecule has 1 aliphatic carbocycles. The van der Waals surface area contributed by atoms with Gasteiger partial charge in [-0.2, -0.15) is 0 Å². The Balaban J connectivity index is 1.80. The Labute approximate surface area is 174 Å². The molecular weight excluding hydrogens is 390 g/mol. The zero-order valence-electron chi connectivity index (χ0n) is 16.4. The second kappa shape index (κ2) is 9.96. The van der Waals surface area contributed by atoms with Crippen molar-refractivity contribution in [3.63, 3.8) is 0 Å². The summed E-state index contributed by atoms with van der Waals surface area (Å²) in [6.07, 6.45) is 4.32. The number of anilines is 2. The lowest BCUT2D eigenvalue weighted by Gasteiger charge is -2.21. The smallest absolute Gasteiger partial charge is 0.233 e. The molecule has 0 radical (unpaired) electrons. The zero-order valence-corrected chi connectivity index (χ0v) is 17.2. The average Bonchev–Trinajstić information content (AvgIpc) is 3.37. The van der Waals surface area contributed by atoms with E-state index in [4.69, 9.17) is 5.11 Å². The summed E-state index contributed by atoms with van der Waals surface area (Å²) in [6, 6.07) is 7.41. The third kappa shape index (κ3) is 5.85. The molecule has 1 saturated carbocycles. The number of carbonyl (C=O) groups excluding carboxylic acids is 2. The van der Waals surface area contributed by atoms with Gasteiger partial charge in [-0.05, 0) is 30.0 Å². The Kier molecular flexibility index (Phi) is 7.35. The summed E-state index contributed by atoms with van der Waals surface area (Å²) in [7, 11) is 0. The largest absolute Gasteiger partial charge is 0.393 e. The van der Waals surface area contributed by atoms with Crippen molar-refractivity contribution >= 4 is 34.0 Å². The second-order valence-corrected chi connectivity index (χ2v) is 8.37. The number of aliphatic hydroxyl groups excluding tert-OH is 2. The van der Waals surface area contributed by atoms with Crippen LogP contribution in [-0.4, -0.2) is 33.6 Å². The number of benzene rings is 1. The second-order valence-electron chi connectivity index (χ2n) is 7.51. The third-order valence-electron chi connectivity index (χ3n) is 5.24. The van der Waals surface area contributed by atoms with E-state index in [1.54, 1.807) is 11.4 Å². The molecule has 4 N–H and O–H groups in total. The topological polar surface area (TPSA) is 112 Å². The van der Waals surface area contributed by atoms with E-state index in [1.165, 1.54) is 31.1 Å². The highest BCUT2D eigenvalue weighted by atomic mass is 32.1. The van der Waals surface area contributed by atoms with Gasteiger partial charge in [-0.25, -0.2) is 4.98 Å². The molecule has 156 valence electrons. The van der Waals surface area contributed by atoms with Gasteiger partial charge >= 0.3 is 0 Å². The van der Waals surface area contributed by atoms with E-state index in [0.717, 1.165) is 24.8 Å². The number of hydrogen-bond donors (Lipinski definition) is 4. The minimum Gasteiger partial charge on any atom is -0.393 e. The van der Waals surface area contributed by atoms with Crippen molar-refractivity contribution in [2.45, 2.75) is 51.0 Å². The van der Waals surface area contributed by atoms with Gasteiger partial charge in [0.25, 0.3) is 0 Å². The summed E-state index contributed by atoms with van der Waals surface area (Å²) in [5.74, 6) is -0.173. The summed E-state index contributed by atoms with van der Waals surface area (Å²) in [4.78, 5) is 28.7. The maximum Gasteiger partial charge on any atom is 0.233 e. The van der Waals surface area contributed by atoms with Gasteiger partial charge in [0.05, 0.1) is 18.2 Å². The fraction of sp³-hybridized carbons (Fsp3) is 0.476. The Morgan fingerprint density at radius 1 is 1.28 bits per heavy atom. The number of aromatic nitrogens is 1. The molecule has 1 fully saturated rings. The molecule has 2 atom stereocenters. The molecule has 0 aliphatic heterocycles. The molecule has 2 unspecified atom stereocenters. The Morgan fingerprint density at radius 2 is 2.03 bits per heavy atom. The first kappa shape index (κ1) is 21.4. The predicted molar refractivity (Wildman–Crippen MR) is 113 cm³/mol. The van der Waals surface area contributed by atoms with Crippen LogP contribution in [0.1, 0.15) is 62.3 Å². The summed E-state index contributed by atoms with van der Waals surface area (Å²) < 4.78 is 0. The quantitative estimate of drug-likeness (QED) is 0.526. The van der Waals surface area contributed by atoms with E-state index < -0.39 is 12.7 Å². The number of nitrogens with one attached hydrogen (secondary N) is 2. The first-order valence-electron chi connectivity index (χ1n) is 9.89. The molecule has 8 heteroatoms. The lowest BCUT2D eigenvalue weighted by Crippen LogP contribution is -2.23. The van der Waals surface area contributed by atoms with Gasteiger partial charge in [-0.3, -0.25) is 9.59 Å². The highest BCUT2D eigenvalue weighted by Crippen LogP contribution is 2.35. The zero-order chi connectivity index (χ0) is 20.8. The normalized spacial score (nSPS) is 16.4. The standard InChI is InChI=1S/C21H27N3O4S/c1-13(26)22-16-8-4-7-15(10-16)17(9-14-5-2-3-6-14)20(28)24-21-23-18(12-29-21)19(27)11-25/h4,7-8,10,12,14,17,19,25,27H,2-3,5-6,9,11H2,1H3,(H,22,26)(H,23,24,28). The summed E-state index contributed by atoms with van der Waals surface area (Å²) >= 11 is 1.22. The molecule has 0 saturated heterocycles. The van der Waals surface area contributed by atoms with Crippen molar-refractivity contribution in [1.29, 1.82) is 0 Å². The van der Waals surface area contributed by atoms with E-state index >= 15 is 0 Å². The fourth-order valence-corrected chi connectivity index (χ4v) is 4.55. The molecule has 2 amide bonds. The van der Waals surface area contributed by atoms with Gasteiger partial charge in [0, 0.05) is 18.0 Å². The lowest BCUT2D eigenvalue weighted by molar-refractivity contribution is -0.118. The van der Waals surface area contributed by atoms with Gasteiger partial charge in [-0.1, -0.05) is 37.8 Å². The van der Waals surface area contributed by atoms with Crippen LogP contribution < -0.4 is 10.6 Å². The van der Waals surface area contributed by atoms with Crippen LogP contribution in [0.25, 0.3) is 0 Å². The number of rotatable bonds is 8. The molecule has 1 aliphatic rings. The van der Waals surface area contributed by atoms with Crippen LogP contribution in [0.15, 0.2) is 29.6 Å². The maximum absolute atomic E-state index is 13.1. The molecule has 7 nitrogen and oxygen atoms in total. The minimum atomic E-state index is -1.06. The van der Waals surface area contributed by atoms with E-state index in [2.05, 4.69) is 15.6 Å². The Hall–Kier alpha value is -2.29. The van der Waals surface area contributed by atoms with Crippen LogP contribution in [0.3, 0.4) is 0 Å². The average molecular weight is 418 g/mol. The van der Waals surface area contributed by atoms with Gasteiger partial charge < -0.3 is 20.8 Å². The number of amides is 2. The third-order valence-corrected chi connectivity index (χ3v) is 6.01. The van der Waals surface area contributed by atoms with Crippen LogP contribution in [0.2, 0.25) is 0 Å². The number of aliphatic hydroxyl groups is 2. The SMILES string of the molecule is CC(=O)Nc1cccc(C(CC2CCCC2)C(=O)Nc2nc(C(O)CO)cs2)c1. The highest BCUT2D eigenvalue weighted by Gasteiger charge is 2.27. The van der Waals surface area contributed by atoms with Crippen LogP contribution in [0.4, 0.5) is 10.8 Å². The molecule has 1 heterocycles. The summed E-state index contributed by atoms with van der Waals surface area (Å²) in [5.41, 5.74) is 1.86. The summed E-state index contributed by atoms with van der Waals surface area (Å²) in [5, 5.41) is 26.4. The van der Waals surface area contributed by atoms with Crippen LogP contribution >= 0.6 is 11.3 Å². The van der Waals surface area contributed by atoms with Crippen molar-refractivity contribution in [2.24, 2.45) is 5.92 Å². The van der Waals surface area contributed by atoms with Gasteiger partial charge in [0.1, 0.15) is 6.10 Å². The number of carbonyl (C=O) groups is 2. The molecule has 3 rings (SSSR count). The first-order valence-corrected chi connectivity index (χ1v) is 10.8. The fourth-order valence-electron chi connectivity index (χ4n) is 3.79. The van der Waals surface area contributed by atoms with Gasteiger partial charge in [-0.15, -0.1) is 11.3 Å². The first-order chi connectivity index (χ1) is 14.0. The van der Waals surface area contributed by atoms with Crippen LogP contribution in [0.5, 0.6) is 0 Å². The van der Waals surface area contributed by atoms with E-state index in [-0.39, 0.29) is 17.7 Å². The predicted octanol–water partition coefficient (Wildman–Crippen LogP) is 3.43. The van der Waals surface area contributed by atoms with E-state index in [0.29, 0.717) is 22.4 Å². The van der Waals surface area contributed by atoms with Crippen LogP contribution in [0, 0.1) is 5.92 Å². The number of hydrogen-bond acceptors (Lipinski definition) is 6. The van der Waals surface area contributed by atoms with Crippen molar-refractivity contribution in [1.82, 2.24) is 4.98 Å². The van der Waals surface area contributed by atoms with Gasteiger partial charge in [0.15, 0.2) is 5.13 Å². The molecule has 0 spiro atoms. The molecule has 0 bridgehead atoms. The Bertz CT molecular complexity index is 848. The van der Waals surface area contributed by atoms with Gasteiger partial charge in [0.2, 0.25) is 11.8 Å². The monoisotopic (exact) mass is 417 g/mol. The van der Waals surface area contributed by atoms with Crippen molar-refractivity contribution in [3.8, 4) is 0 Å². The minimum absolute atomic E-state index is 0.156. The van der Waals surface area contributed by atoms with Crippen LogP contribution in [-0.2, 0) is 9.59 Å². The van der Waals surface area contributed by atoms with Crippen molar-refractivity contribution < 1.29 is 19.8 Å². The van der Waals surface area contributed by atoms with Crippen molar-refractivity contribution in [3.05, 3.63) is 40.9 Å². The Morgan fingerprint density at radius 3 is 2.72 bits per heavy atom. The summed E-state index contributed by atoms with van der Waals surface area (Å²) in [6.45, 7) is 1.04. The molecule has 1 aromatic heterocycles. The maximum atomic E-state index is 13.1. The molecule has 1 aromatic carbocycles. The highest BCUT2D eigenvalue weighted by molar-refractivity contribution is 7.13. The molecule has 29 heavy (non-hydrogen) atoms. The van der Waals surface area contributed by atoms with E-state index in [9.17, 15) is 14.7 Å². The number of thiazole rings is 1. The molecule has 2 aromatic rings. The number of nitrogens with zero attached hydrogens (tertiary/aromatic N) is 1. The lowest BCUT2D eigenvalue weighted by atomic mass is 9.87. The van der Waals surface area contributed by atoms with Crippen molar-refractivity contribution in [2.75, 3.05) is 17.2 Å². The van der Waals surface area contributed by atoms with E-state index in [1.807, 2.05) is 18.2 Å².